The predicted octanol–water partition coefficient (Wildman–Crippen LogP) is 1.58. The molecule has 19 heavy (non-hydrogen) atoms. The van der Waals surface area contributed by atoms with Gasteiger partial charge in [0.1, 0.15) is 12.1 Å². The lowest BCUT2D eigenvalue weighted by molar-refractivity contribution is -0.142. The molecule has 1 aromatic carbocycles. The molecule has 5 nitrogen and oxygen atoms in total. The summed E-state index contributed by atoms with van der Waals surface area (Å²) in [7, 11) is 1.39. The summed E-state index contributed by atoms with van der Waals surface area (Å²) in [6.07, 6.45) is 0.576. The lowest BCUT2D eigenvalue weighted by Gasteiger charge is -2.09. The van der Waals surface area contributed by atoms with Crippen LogP contribution in [0, 0.1) is 0 Å². The highest BCUT2D eigenvalue weighted by Gasteiger charge is 2.31. The van der Waals surface area contributed by atoms with Crippen LogP contribution >= 0.6 is 11.3 Å². The number of para-hydroxylation sites is 1. The van der Waals surface area contributed by atoms with Crippen LogP contribution in [0.15, 0.2) is 24.3 Å². The molecule has 1 fully saturated rings. The number of carbonyl (C=O) groups is 1. The average Bonchev–Trinajstić information content (AvgIpc) is 3.04. The number of ether oxygens (including phenoxy) is 2. The van der Waals surface area contributed by atoms with Crippen molar-refractivity contribution in [2.45, 2.75) is 18.6 Å². The van der Waals surface area contributed by atoms with Crippen molar-refractivity contribution in [3.05, 3.63) is 24.3 Å². The fourth-order valence-corrected chi connectivity index (χ4v) is 3.04. The van der Waals surface area contributed by atoms with Crippen LogP contribution in [-0.2, 0) is 9.53 Å². The Balaban J connectivity index is 1.67. The first-order valence-corrected chi connectivity index (χ1v) is 6.91. The van der Waals surface area contributed by atoms with Gasteiger partial charge in [-0.25, -0.2) is 4.98 Å². The minimum Gasteiger partial charge on any atom is -0.468 e. The zero-order chi connectivity index (χ0) is 13.2. The van der Waals surface area contributed by atoms with Crippen molar-refractivity contribution in [1.82, 2.24) is 10.3 Å². The summed E-state index contributed by atoms with van der Waals surface area (Å²) in [5.41, 5.74) is 0.943. The Bertz CT molecular complexity index is 565. The van der Waals surface area contributed by atoms with Gasteiger partial charge in [0.25, 0.3) is 5.19 Å². The molecule has 6 heteroatoms. The van der Waals surface area contributed by atoms with Gasteiger partial charge in [-0.15, -0.1) is 0 Å². The molecule has 3 rings (SSSR count). The summed E-state index contributed by atoms with van der Waals surface area (Å²) in [6, 6.07) is 7.64. The predicted molar refractivity (Wildman–Crippen MR) is 72.5 cm³/mol. The van der Waals surface area contributed by atoms with Crippen molar-refractivity contribution in [3.8, 4) is 5.19 Å². The number of hydrogen-bond donors (Lipinski definition) is 1. The van der Waals surface area contributed by atoms with Crippen LogP contribution < -0.4 is 10.1 Å². The zero-order valence-corrected chi connectivity index (χ0v) is 11.3. The zero-order valence-electron chi connectivity index (χ0n) is 10.5. The van der Waals surface area contributed by atoms with Gasteiger partial charge in [0.2, 0.25) is 0 Å². The van der Waals surface area contributed by atoms with E-state index in [2.05, 4.69) is 10.3 Å². The van der Waals surface area contributed by atoms with Crippen molar-refractivity contribution in [1.29, 1.82) is 0 Å². The molecule has 100 valence electrons. The number of esters is 1. The molecule has 1 aromatic heterocycles. The van der Waals surface area contributed by atoms with E-state index in [1.807, 2.05) is 24.3 Å². The smallest absolute Gasteiger partial charge is 0.323 e. The minimum absolute atomic E-state index is 0.0373. The summed E-state index contributed by atoms with van der Waals surface area (Å²) in [5, 5.41) is 3.74. The van der Waals surface area contributed by atoms with Gasteiger partial charge in [0.05, 0.1) is 17.3 Å². The quantitative estimate of drug-likeness (QED) is 0.864. The van der Waals surface area contributed by atoms with Crippen LogP contribution in [0.25, 0.3) is 10.2 Å². The molecule has 2 atom stereocenters. The maximum atomic E-state index is 11.4. The van der Waals surface area contributed by atoms with Gasteiger partial charge < -0.3 is 14.8 Å². The maximum absolute atomic E-state index is 11.4. The SMILES string of the molecule is COC(=O)C1CC(Oc2nc3ccccc3s2)CN1. The van der Waals surface area contributed by atoms with Gasteiger partial charge in [-0.2, -0.15) is 0 Å². The second kappa shape index (κ2) is 5.14. The van der Waals surface area contributed by atoms with Crippen LogP contribution in [-0.4, -0.2) is 36.8 Å². The highest BCUT2D eigenvalue weighted by atomic mass is 32.1. The number of rotatable bonds is 3. The molecule has 2 heterocycles. The fourth-order valence-electron chi connectivity index (χ4n) is 2.16. The maximum Gasteiger partial charge on any atom is 0.323 e. The molecule has 1 aliphatic heterocycles. The third-order valence-corrected chi connectivity index (χ3v) is 4.05. The van der Waals surface area contributed by atoms with Crippen LogP contribution in [0.2, 0.25) is 0 Å². The number of hydrogen-bond acceptors (Lipinski definition) is 6. The normalized spacial score (nSPS) is 22.6. The van der Waals surface area contributed by atoms with E-state index >= 15 is 0 Å². The third-order valence-electron chi connectivity index (χ3n) is 3.12. The third kappa shape index (κ3) is 2.54. The Morgan fingerprint density at radius 2 is 2.32 bits per heavy atom. The molecule has 0 bridgehead atoms. The minimum atomic E-state index is -0.274. The lowest BCUT2D eigenvalue weighted by atomic mass is 10.2. The van der Waals surface area contributed by atoms with Crippen LogP contribution in [0.3, 0.4) is 0 Å². The van der Waals surface area contributed by atoms with Gasteiger partial charge in [0, 0.05) is 13.0 Å². The number of methoxy groups -OCH3 is 1. The lowest BCUT2D eigenvalue weighted by Crippen LogP contribution is -2.31. The molecule has 1 aliphatic rings. The summed E-state index contributed by atoms with van der Waals surface area (Å²) in [5.74, 6) is -0.240. The van der Waals surface area contributed by atoms with E-state index in [9.17, 15) is 4.79 Å². The molecule has 0 aliphatic carbocycles. The van der Waals surface area contributed by atoms with E-state index in [4.69, 9.17) is 9.47 Å². The van der Waals surface area contributed by atoms with Crippen molar-refractivity contribution in [2.24, 2.45) is 0 Å². The Morgan fingerprint density at radius 1 is 1.47 bits per heavy atom. The van der Waals surface area contributed by atoms with Crippen molar-refractivity contribution >= 4 is 27.5 Å². The number of nitrogens with zero attached hydrogens (tertiary/aromatic N) is 1. The number of thiazole rings is 1. The highest BCUT2D eigenvalue weighted by molar-refractivity contribution is 7.20. The molecule has 0 spiro atoms. The molecule has 0 amide bonds. The Morgan fingerprint density at radius 3 is 3.11 bits per heavy atom. The molecule has 2 unspecified atom stereocenters. The highest BCUT2D eigenvalue weighted by Crippen LogP contribution is 2.29. The molecule has 0 saturated carbocycles. The van der Waals surface area contributed by atoms with E-state index in [0.29, 0.717) is 18.2 Å². The Labute approximate surface area is 114 Å². The van der Waals surface area contributed by atoms with E-state index in [-0.39, 0.29) is 18.1 Å². The van der Waals surface area contributed by atoms with E-state index < -0.39 is 0 Å². The molecule has 2 aromatic rings. The topological polar surface area (TPSA) is 60.5 Å². The largest absolute Gasteiger partial charge is 0.468 e. The Hall–Kier alpha value is -1.66. The van der Waals surface area contributed by atoms with Gasteiger partial charge in [-0.05, 0) is 12.1 Å². The summed E-state index contributed by atoms with van der Waals surface area (Å²) in [6.45, 7) is 0.635. The van der Waals surface area contributed by atoms with Crippen LogP contribution in [0.4, 0.5) is 0 Å². The number of benzene rings is 1. The molecular formula is C13H14N2O3S. The number of carbonyl (C=O) groups excluding carboxylic acids is 1. The fraction of sp³-hybridized carbons (Fsp3) is 0.385. The van der Waals surface area contributed by atoms with Crippen molar-refractivity contribution < 1.29 is 14.3 Å². The molecule has 0 radical (unpaired) electrons. The van der Waals surface area contributed by atoms with Crippen molar-refractivity contribution in [2.75, 3.05) is 13.7 Å². The van der Waals surface area contributed by atoms with Gasteiger partial charge in [-0.3, -0.25) is 4.79 Å². The van der Waals surface area contributed by atoms with Crippen LogP contribution in [0.5, 0.6) is 5.19 Å². The first kappa shape index (κ1) is 12.4. The van der Waals surface area contributed by atoms with Crippen LogP contribution in [0.1, 0.15) is 6.42 Å². The number of aromatic nitrogens is 1. The summed E-state index contributed by atoms with van der Waals surface area (Å²) in [4.78, 5) is 15.8. The first-order chi connectivity index (χ1) is 9.26. The molecule has 1 N–H and O–H groups in total. The van der Waals surface area contributed by atoms with Crippen molar-refractivity contribution in [3.63, 3.8) is 0 Å². The van der Waals surface area contributed by atoms with Gasteiger partial charge in [0.15, 0.2) is 0 Å². The van der Waals surface area contributed by atoms with E-state index in [1.165, 1.54) is 18.4 Å². The standard InChI is InChI=1S/C13H14N2O3S/c1-17-12(16)10-6-8(7-14-10)18-13-15-9-4-2-3-5-11(9)19-13/h2-5,8,10,14H,6-7H2,1H3. The monoisotopic (exact) mass is 278 g/mol. The summed E-state index contributed by atoms with van der Waals surface area (Å²) >= 11 is 1.52. The number of nitrogens with one attached hydrogen (secondary N) is 1. The first-order valence-electron chi connectivity index (χ1n) is 6.09. The van der Waals surface area contributed by atoms with E-state index in [0.717, 1.165) is 10.2 Å². The summed E-state index contributed by atoms with van der Waals surface area (Å²) < 4.78 is 11.6. The second-order valence-electron chi connectivity index (χ2n) is 4.41. The van der Waals surface area contributed by atoms with Gasteiger partial charge >= 0.3 is 5.97 Å². The molecular weight excluding hydrogens is 264 g/mol. The second-order valence-corrected chi connectivity index (χ2v) is 5.40. The van der Waals surface area contributed by atoms with Gasteiger partial charge in [-0.1, -0.05) is 23.5 Å². The molecule has 1 saturated heterocycles. The van der Waals surface area contributed by atoms with E-state index in [1.54, 1.807) is 0 Å². The number of fused-ring (bicyclic) bond motifs is 1. The Kier molecular flexibility index (Phi) is 3.35. The average molecular weight is 278 g/mol.